The van der Waals surface area contributed by atoms with E-state index in [9.17, 15) is 38.4 Å². The molecule has 470 valence electrons. The lowest BCUT2D eigenvalue weighted by molar-refractivity contribution is -0.165. The molecule has 4 amide bonds. The Morgan fingerprint density at radius 2 is 0.875 bits per heavy atom. The van der Waals surface area contributed by atoms with Crippen molar-refractivity contribution in [1.29, 1.82) is 0 Å². The number of nitrogens with zero attached hydrogens (tertiary/aromatic N) is 2. The number of carbonyl (C=O) groups excluding carboxylic acids is 8. The highest BCUT2D eigenvalue weighted by atomic mass is 16.6. The van der Waals surface area contributed by atoms with Gasteiger partial charge in [0.05, 0.1) is 26.1 Å². The summed E-state index contributed by atoms with van der Waals surface area (Å²) in [5.74, 6) is -2.43. The molecule has 0 aromatic heterocycles. The average Bonchev–Trinajstić information content (AvgIpc) is 3.00. The fourth-order valence-electron chi connectivity index (χ4n) is 10.8. The van der Waals surface area contributed by atoms with Crippen LogP contribution in [-0.2, 0) is 73.5 Å². The smallest absolute Gasteiger partial charge is 0.329 e. The monoisotopic (exact) mass is 1200 g/mol. The van der Waals surface area contributed by atoms with E-state index in [0.717, 1.165) is 46.2 Å². The molecule has 2 N–H and O–H groups in total. The van der Waals surface area contributed by atoms with Gasteiger partial charge in [-0.1, -0.05) is 151 Å². The third-order valence-corrected chi connectivity index (χ3v) is 17.1. The Labute approximate surface area is 519 Å². The largest absolute Gasteiger partial charge is 0.494 e. The predicted molar refractivity (Wildman–Crippen MR) is 337 cm³/mol. The van der Waals surface area contributed by atoms with E-state index >= 15 is 0 Å². The number of hydrogen-bond donors (Lipinski definition) is 2. The minimum atomic E-state index is -0.851. The molecular formula is C72H90N4O12. The van der Waals surface area contributed by atoms with Gasteiger partial charge in [0, 0.05) is 37.0 Å². The highest BCUT2D eigenvalue weighted by molar-refractivity contribution is 6.38. The van der Waals surface area contributed by atoms with E-state index in [1.807, 2.05) is 147 Å². The zero-order chi connectivity index (χ0) is 63.1. The number of carbonyl (C=O) groups is 8. The third-order valence-electron chi connectivity index (χ3n) is 17.1. The Hall–Kier alpha value is -8.14. The van der Waals surface area contributed by atoms with Crippen LogP contribution in [0.1, 0.15) is 164 Å². The molecule has 0 radical (unpaired) electrons. The number of amides is 4. The second-order valence-corrected chi connectivity index (χ2v) is 24.5. The average molecular weight is 1200 g/mol. The van der Waals surface area contributed by atoms with Gasteiger partial charge in [0.2, 0.25) is 23.4 Å². The van der Waals surface area contributed by atoms with Gasteiger partial charge in [0.1, 0.15) is 35.8 Å². The van der Waals surface area contributed by atoms with Gasteiger partial charge in [0.15, 0.2) is 0 Å². The topological polar surface area (TPSA) is 204 Å². The van der Waals surface area contributed by atoms with Crippen LogP contribution >= 0.6 is 0 Å². The SMILES string of the molecule is CCC(C)(C)C(=O)C(=O)N1CCCCC1C(=O)OC(CCc1ccccc1)c1cccc(OCCCNC(=O)Cc2ccc(CC(=O)NCCCOc3cccc(C(CCc4ccccc4)OC(=O)C4CCCCN4C(=O)C(=O)C(C)(C)CC)c3)cc2)c1. The van der Waals surface area contributed by atoms with Gasteiger partial charge >= 0.3 is 11.9 Å². The lowest BCUT2D eigenvalue weighted by atomic mass is 9.84. The molecule has 7 rings (SSSR count). The van der Waals surface area contributed by atoms with Crippen molar-refractivity contribution in [1.82, 2.24) is 20.4 Å². The van der Waals surface area contributed by atoms with Crippen molar-refractivity contribution < 1.29 is 57.3 Å². The van der Waals surface area contributed by atoms with Crippen LogP contribution in [0, 0.1) is 10.8 Å². The Morgan fingerprint density at radius 3 is 1.25 bits per heavy atom. The normalized spacial score (nSPS) is 15.9. The van der Waals surface area contributed by atoms with Gasteiger partial charge in [-0.05, 0) is 148 Å². The van der Waals surface area contributed by atoms with Crippen LogP contribution in [0.25, 0.3) is 0 Å². The maximum atomic E-state index is 14.0. The molecule has 4 unspecified atom stereocenters. The Kier molecular flexibility index (Phi) is 25.5. The fourth-order valence-corrected chi connectivity index (χ4v) is 10.8. The summed E-state index contributed by atoms with van der Waals surface area (Å²) < 4.78 is 24.8. The second-order valence-electron chi connectivity index (χ2n) is 24.5. The molecule has 16 nitrogen and oxygen atoms in total. The summed E-state index contributed by atoms with van der Waals surface area (Å²) in [7, 11) is 0. The zero-order valence-electron chi connectivity index (χ0n) is 52.4. The van der Waals surface area contributed by atoms with E-state index in [4.69, 9.17) is 18.9 Å². The van der Waals surface area contributed by atoms with Gasteiger partial charge in [-0.25, -0.2) is 9.59 Å². The van der Waals surface area contributed by atoms with Crippen LogP contribution in [0.4, 0.5) is 0 Å². The molecule has 5 aromatic carbocycles. The molecule has 2 aliphatic heterocycles. The van der Waals surface area contributed by atoms with Crippen molar-refractivity contribution in [3.8, 4) is 11.5 Å². The van der Waals surface area contributed by atoms with Gasteiger partial charge < -0.3 is 39.4 Å². The summed E-state index contributed by atoms with van der Waals surface area (Å²) in [6, 6.07) is 40.4. The number of benzene rings is 5. The lowest BCUT2D eigenvalue weighted by Gasteiger charge is -2.36. The minimum Gasteiger partial charge on any atom is -0.494 e. The van der Waals surface area contributed by atoms with Crippen LogP contribution in [0.3, 0.4) is 0 Å². The predicted octanol–water partition coefficient (Wildman–Crippen LogP) is 11.1. The molecule has 0 spiro atoms. The number of aryl methyl sites for hydroxylation is 2. The van der Waals surface area contributed by atoms with Crippen LogP contribution in [-0.4, -0.2) is 108 Å². The summed E-state index contributed by atoms with van der Waals surface area (Å²) >= 11 is 0. The minimum absolute atomic E-state index is 0.144. The first kappa shape index (κ1) is 67.4. The first-order valence-corrected chi connectivity index (χ1v) is 31.6. The van der Waals surface area contributed by atoms with Crippen molar-refractivity contribution in [2.75, 3.05) is 39.4 Å². The summed E-state index contributed by atoms with van der Waals surface area (Å²) in [6.45, 7) is 12.8. The Bertz CT molecular complexity index is 2920. The van der Waals surface area contributed by atoms with Crippen molar-refractivity contribution in [3.05, 3.63) is 167 Å². The molecule has 2 fully saturated rings. The third kappa shape index (κ3) is 19.9. The molecule has 88 heavy (non-hydrogen) atoms. The number of ether oxygens (including phenoxy) is 4. The highest BCUT2D eigenvalue weighted by Gasteiger charge is 2.43. The van der Waals surface area contributed by atoms with Crippen molar-refractivity contribution >= 4 is 47.1 Å². The standard InChI is InChI=1S/C72H90N4O12/c1-7-71(3,4)65(79)67(81)75-43-17-15-31-59(75)69(83)87-61(39-37-51-23-11-9-12-24-51)55-27-19-29-57(49-55)85-45-21-41-73-63(77)47-53-33-35-54(36-34-53)48-64(78)74-42-22-46-86-58-30-20-28-56(50-58)62(40-38-52-25-13-10-14-26-52)88-70(84)60-32-16-18-44-76(60)68(82)66(80)72(5,6)8-2/h9-14,19-20,23-30,33-36,49-50,59-62H,7-8,15-18,21-22,31-32,37-48H2,1-6H3,(H,73,77)(H,74,78). The van der Waals surface area contributed by atoms with Crippen molar-refractivity contribution in [2.24, 2.45) is 10.8 Å². The molecule has 2 heterocycles. The Morgan fingerprint density at radius 1 is 0.489 bits per heavy atom. The number of likely N-dealkylation sites (tertiary alicyclic amines) is 2. The fraction of sp³-hybridized carbons (Fsp3) is 0.472. The zero-order valence-corrected chi connectivity index (χ0v) is 52.4. The van der Waals surface area contributed by atoms with E-state index in [2.05, 4.69) is 10.6 Å². The number of Topliss-reactive ketones (excluding diaryl/α,β-unsaturated/α-hetero) is 2. The quantitative estimate of drug-likeness (QED) is 0.0235. The highest BCUT2D eigenvalue weighted by Crippen LogP contribution is 2.33. The molecule has 0 saturated carbocycles. The van der Waals surface area contributed by atoms with E-state index in [0.29, 0.717) is 128 Å². The van der Waals surface area contributed by atoms with Crippen molar-refractivity contribution in [2.45, 2.75) is 169 Å². The van der Waals surface area contributed by atoms with Crippen LogP contribution < -0.4 is 20.1 Å². The van der Waals surface area contributed by atoms with Gasteiger partial charge in [0.25, 0.3) is 11.8 Å². The number of nitrogens with one attached hydrogen (secondary N) is 2. The second kappa shape index (κ2) is 33.3. The van der Waals surface area contributed by atoms with Crippen molar-refractivity contribution in [3.63, 3.8) is 0 Å². The summed E-state index contributed by atoms with van der Waals surface area (Å²) in [6.07, 6.45) is 7.14. The molecule has 0 bridgehead atoms. The molecule has 0 aliphatic carbocycles. The number of hydrogen-bond acceptors (Lipinski definition) is 12. The van der Waals surface area contributed by atoms with E-state index in [1.54, 1.807) is 27.7 Å². The maximum absolute atomic E-state index is 14.0. The summed E-state index contributed by atoms with van der Waals surface area (Å²) in [5.41, 5.74) is 3.62. The molecule has 5 aromatic rings. The summed E-state index contributed by atoms with van der Waals surface area (Å²) in [4.78, 5) is 110. The van der Waals surface area contributed by atoms with E-state index in [-0.39, 0.29) is 24.7 Å². The number of rotatable bonds is 32. The maximum Gasteiger partial charge on any atom is 0.329 e. The number of esters is 2. The Balaban J connectivity index is 0.826. The van der Waals surface area contributed by atoms with E-state index in [1.165, 1.54) is 9.80 Å². The first-order valence-electron chi connectivity index (χ1n) is 31.6. The molecule has 4 atom stereocenters. The van der Waals surface area contributed by atoms with Crippen LogP contribution in [0.15, 0.2) is 133 Å². The number of piperidine rings is 2. The van der Waals surface area contributed by atoms with Crippen LogP contribution in [0.5, 0.6) is 11.5 Å². The number of ketones is 2. The molecule has 16 heteroatoms. The molecule has 2 aliphatic rings. The lowest BCUT2D eigenvalue weighted by Crippen LogP contribution is -2.53. The van der Waals surface area contributed by atoms with Gasteiger partial charge in [-0.15, -0.1) is 0 Å². The van der Waals surface area contributed by atoms with Gasteiger partial charge in [-0.3, -0.25) is 28.8 Å². The van der Waals surface area contributed by atoms with Gasteiger partial charge in [-0.2, -0.15) is 0 Å². The van der Waals surface area contributed by atoms with E-state index < -0.39 is 70.4 Å². The molecular weight excluding hydrogens is 1110 g/mol. The summed E-state index contributed by atoms with van der Waals surface area (Å²) in [5, 5.41) is 5.93. The van der Waals surface area contributed by atoms with Crippen LogP contribution in [0.2, 0.25) is 0 Å². The molecule has 2 saturated heterocycles. The first-order chi connectivity index (χ1) is 42.3.